The van der Waals surface area contributed by atoms with E-state index in [-0.39, 0.29) is 113 Å². The van der Waals surface area contributed by atoms with Gasteiger partial charge >= 0.3 is 23.9 Å². The number of benzene rings is 8. The Hall–Kier alpha value is -16.9. The van der Waals surface area contributed by atoms with Gasteiger partial charge in [-0.25, -0.2) is 41.1 Å². The molecule has 140 heavy (non-hydrogen) atoms. The smallest absolute Gasteiger partial charge is 0.339 e. The molecule has 0 bridgehead atoms. The van der Waals surface area contributed by atoms with Gasteiger partial charge in [-0.05, 0) is 187 Å². The van der Waals surface area contributed by atoms with Crippen molar-refractivity contribution in [2.45, 2.75) is 91.1 Å². The molecule has 8 aromatic carbocycles. The highest BCUT2D eigenvalue weighted by molar-refractivity contribution is 6.31. The first-order valence-corrected chi connectivity index (χ1v) is 43.8. The first-order valence-electron chi connectivity index (χ1n) is 43.4. The molecule has 16 rings (SSSR count). The molecule has 0 radical (unpaired) electrons. The predicted octanol–water partition coefficient (Wildman–Crippen LogP) is 21.6. The fourth-order valence-electron chi connectivity index (χ4n) is 14.3. The normalized spacial score (nSPS) is 11.1. The maximum Gasteiger partial charge on any atom is 0.339 e. The molecule has 0 fully saturated rings. The summed E-state index contributed by atoms with van der Waals surface area (Å²) in [5.41, 5.74) is 12.6. The van der Waals surface area contributed by atoms with Crippen molar-refractivity contribution in [1.29, 1.82) is 0 Å². The van der Waals surface area contributed by atoms with E-state index in [0.717, 1.165) is 45.9 Å². The van der Waals surface area contributed by atoms with Crippen LogP contribution in [0.25, 0.3) is 45.6 Å². The van der Waals surface area contributed by atoms with E-state index in [9.17, 15) is 65.4 Å². The van der Waals surface area contributed by atoms with E-state index >= 15 is 0 Å². The number of aromatic carboxylic acids is 3. The number of alkyl halides is 2. The van der Waals surface area contributed by atoms with Crippen LogP contribution >= 0.6 is 11.6 Å². The lowest BCUT2D eigenvalue weighted by Crippen LogP contribution is -2.21. The lowest BCUT2D eigenvalue weighted by molar-refractivity contribution is -0.118. The number of carboxylic acids is 3. The zero-order chi connectivity index (χ0) is 99.7. The molecule has 0 spiro atoms. The van der Waals surface area contributed by atoms with E-state index in [1.54, 1.807) is 152 Å². The van der Waals surface area contributed by atoms with Crippen molar-refractivity contribution in [1.82, 2.24) is 39.9 Å². The number of rotatable bonds is 36. The number of aliphatic hydroxyl groups is 2. The maximum absolute atomic E-state index is 14.7. The molecule has 1 atom stereocenters. The molecule has 26 nitrogen and oxygen atoms in total. The summed E-state index contributed by atoms with van der Waals surface area (Å²) in [6.07, 6.45) is 11.7. The number of ketones is 4. The topological polar surface area (TPSA) is 399 Å². The van der Waals surface area contributed by atoms with Crippen molar-refractivity contribution in [2.24, 2.45) is 0 Å². The van der Waals surface area contributed by atoms with Crippen LogP contribution in [-0.2, 0) is 81.2 Å². The molecule has 1 unspecified atom stereocenters. The van der Waals surface area contributed by atoms with Crippen molar-refractivity contribution in [3.63, 3.8) is 0 Å². The number of pyridine rings is 4. The summed E-state index contributed by atoms with van der Waals surface area (Å²) in [5.74, 6) is -5.03. The van der Waals surface area contributed by atoms with Gasteiger partial charge < -0.3 is 69.2 Å². The van der Waals surface area contributed by atoms with Crippen molar-refractivity contribution in [3.05, 3.63) is 404 Å². The van der Waals surface area contributed by atoms with Gasteiger partial charge in [-0.2, -0.15) is 0 Å². The molecule has 0 aliphatic carbocycles. The zero-order valence-electron chi connectivity index (χ0n) is 75.5. The Balaban J connectivity index is 0.000000157. The fourth-order valence-corrected chi connectivity index (χ4v) is 14.6. The third-order valence-electron chi connectivity index (χ3n) is 21.2. The van der Waals surface area contributed by atoms with Crippen molar-refractivity contribution >= 4 is 58.6 Å². The first-order chi connectivity index (χ1) is 67.1. The number of halogens is 6. The van der Waals surface area contributed by atoms with Crippen LogP contribution in [0.15, 0.2) is 292 Å². The van der Waals surface area contributed by atoms with E-state index in [0.29, 0.717) is 121 Å². The van der Waals surface area contributed by atoms with Gasteiger partial charge in [0.05, 0.1) is 74.4 Å². The number of carbonyl (C=O) groups excluding carboxylic acids is 5. The fraction of sp³-hybridized carbons (Fsp3) is 0.148. The number of nitrogens with zero attached hydrogens (tertiary/aromatic N) is 4. The minimum absolute atomic E-state index is 0.0145. The van der Waals surface area contributed by atoms with E-state index in [2.05, 4.69) is 39.9 Å². The average Bonchev–Trinajstić information content (AvgIpc) is 1.61. The van der Waals surface area contributed by atoms with Gasteiger partial charge in [0, 0.05) is 143 Å². The number of hydrogen-bond acceptors (Lipinski definition) is 19. The lowest BCUT2D eigenvalue weighted by atomic mass is 9.99. The number of ether oxygens (including phenoxy) is 5. The Morgan fingerprint density at radius 1 is 0.364 bits per heavy atom. The number of Topliss-reactive ketones (excluding diaryl/α,β-unsaturated/α-hetero) is 4. The van der Waals surface area contributed by atoms with Crippen LogP contribution in [-0.4, -0.2) is 132 Å². The predicted molar refractivity (Wildman–Crippen MR) is 511 cm³/mol. The number of carbonyl (C=O) groups is 8. The van der Waals surface area contributed by atoms with Crippen molar-refractivity contribution in [3.8, 4) is 91.5 Å². The molecule has 0 amide bonds. The number of esters is 1. The van der Waals surface area contributed by atoms with E-state index in [4.69, 9.17) is 55.7 Å². The minimum atomic E-state index is -3.09. The zero-order valence-corrected chi connectivity index (χ0v) is 76.2. The minimum Gasteiger partial charge on any atom is -0.478 e. The molecule has 0 aliphatic heterocycles. The number of carboxylic acid groups (broad SMARTS) is 3. The van der Waals surface area contributed by atoms with E-state index in [1.807, 2.05) is 69.3 Å². The summed E-state index contributed by atoms with van der Waals surface area (Å²) in [7, 11) is 0. The molecular formula is C108H90ClF5N8O18. The SMILES string of the molecule is CC(F)(F)c1cc(CC(=O)Cc2ccc(Oc3ccnc(-c4cc(C(=O)O)c[nH]4)c3)cc2)ccc1Cl.Cc1ccc(F)c(CC(=O)Cc2ccc(Oc3ccnc(-c4cc(C(=O)O)c[nH]4)c3)c(F)c2)c1.Cc1ccc(F)c(CC(=O)Cc2ccc(Oc3ccnc(-c4cc(C(=O)OCC(O)CO)c[nH]4)c3)cc2)c1.Cc1cccc(CC(=O)Cc2ccc(Oc3ccnc(-c4cc(C(=O)O)c[nH]4)c3)cc2)c1. The van der Waals surface area contributed by atoms with Crippen molar-refractivity contribution < 1.29 is 110 Å². The van der Waals surface area contributed by atoms with E-state index in [1.165, 1.54) is 91.6 Å². The van der Waals surface area contributed by atoms with E-state index < -0.39 is 54.1 Å². The van der Waals surface area contributed by atoms with Gasteiger partial charge in [0.1, 0.15) is 87.7 Å². The summed E-state index contributed by atoms with van der Waals surface area (Å²) in [5, 5.41) is 45.3. The number of aromatic amines is 4. The van der Waals surface area contributed by atoms with Gasteiger partial charge in [0.15, 0.2) is 11.6 Å². The van der Waals surface area contributed by atoms with Gasteiger partial charge in [0.25, 0.3) is 5.92 Å². The van der Waals surface area contributed by atoms with Crippen LogP contribution in [0.4, 0.5) is 22.0 Å². The molecule has 8 aromatic heterocycles. The molecule has 712 valence electrons. The van der Waals surface area contributed by atoms with Crippen molar-refractivity contribution in [2.75, 3.05) is 13.2 Å². The summed E-state index contributed by atoms with van der Waals surface area (Å²) in [6.45, 7) is 5.65. The lowest BCUT2D eigenvalue weighted by Gasteiger charge is -2.14. The maximum atomic E-state index is 14.7. The number of aliphatic hydroxyl groups excluding tert-OH is 2. The molecule has 0 aliphatic rings. The standard InChI is InChI=1S/C29H27FN2O6.C27H21ClF2N2O4.C26H20F2N2O4.C26H22N2O4/c1-18-2-7-26(30)20(10-18)12-22(34)11-19-3-5-24(6-4-19)38-25-8-9-31-28(14-25)27-13-21(15-32-27)29(36)37-17-23(35)16-33;1-27(29,30)22-12-17(4-7-23(22)28)11-19(33)10-16-2-5-20(6-3-16)36-21-8-9-31-25(14-21)24-13-18(15-32-24)26(34)35;1-15-2-4-21(27)17(8-15)11-19(31)9-16-3-5-25(22(28)10-16)34-20-6-7-29-24(13-20)23-12-18(14-30-23)26(32)33;1-17-3-2-4-19(11-17)13-21(29)12-18-5-7-22(8-6-18)32-23-9-10-27-25(15-23)24-14-20(16-28-24)26(30)31/h2-10,13-15,23,32-33,35H,11-12,16-17H2,1H3;2-9,12-15,32H,10-11H2,1H3,(H,34,35);2-8,10,12-14,30H,9,11H2,1H3,(H,32,33);2-11,14-16,28H,12-13H2,1H3,(H,30,31). The largest absolute Gasteiger partial charge is 0.478 e. The molecule has 0 saturated heterocycles. The summed E-state index contributed by atoms with van der Waals surface area (Å²) in [4.78, 5) is 124. The molecular weight excluding hydrogens is 1830 g/mol. The third kappa shape index (κ3) is 29.3. The molecule has 32 heteroatoms. The second kappa shape index (κ2) is 47.0. The Bertz CT molecular complexity index is 7160. The van der Waals surface area contributed by atoms with Gasteiger partial charge in [-0.3, -0.25) is 39.1 Å². The summed E-state index contributed by atoms with van der Waals surface area (Å²) >= 11 is 5.87. The quantitative estimate of drug-likeness (QED) is 0.0130. The number of aryl methyl sites for hydroxylation is 3. The summed E-state index contributed by atoms with van der Waals surface area (Å²) in [6, 6.07) is 66.5. The van der Waals surface area contributed by atoms with Gasteiger partial charge in [0.2, 0.25) is 0 Å². The van der Waals surface area contributed by atoms with Crippen LogP contribution in [0.1, 0.15) is 115 Å². The first kappa shape index (κ1) is 101. The van der Waals surface area contributed by atoms with Crippen LogP contribution in [0.2, 0.25) is 5.02 Å². The van der Waals surface area contributed by atoms with Crippen LogP contribution in [0, 0.1) is 38.2 Å². The highest BCUT2D eigenvalue weighted by Gasteiger charge is 2.29. The molecule has 0 saturated carbocycles. The second-order valence-electron chi connectivity index (χ2n) is 32.6. The Morgan fingerprint density at radius 2 is 0.700 bits per heavy atom. The Morgan fingerprint density at radius 3 is 1.06 bits per heavy atom. The van der Waals surface area contributed by atoms with Gasteiger partial charge in [-0.1, -0.05) is 125 Å². The number of H-pyrrole nitrogens is 4. The Labute approximate surface area is 803 Å². The number of nitrogens with one attached hydrogen (secondary N) is 4. The third-order valence-corrected chi connectivity index (χ3v) is 21.6. The highest BCUT2D eigenvalue weighted by Crippen LogP contribution is 2.37. The van der Waals surface area contributed by atoms with Crippen LogP contribution in [0.3, 0.4) is 0 Å². The van der Waals surface area contributed by atoms with Gasteiger partial charge in [-0.15, -0.1) is 0 Å². The second-order valence-corrected chi connectivity index (χ2v) is 33.0. The molecule has 8 heterocycles. The Kier molecular flexibility index (Phi) is 33.8. The average molecular weight is 1920 g/mol. The van der Waals surface area contributed by atoms with Crippen LogP contribution < -0.4 is 18.9 Å². The number of aromatic nitrogens is 8. The summed E-state index contributed by atoms with van der Waals surface area (Å²) < 4.78 is 98.2. The molecule has 9 N–H and O–H groups in total. The van der Waals surface area contributed by atoms with Crippen LogP contribution in [0.5, 0.6) is 46.0 Å². The monoisotopic (exact) mass is 1920 g/mol. The number of hydrogen-bond donors (Lipinski definition) is 9. The molecule has 16 aromatic rings. The highest BCUT2D eigenvalue weighted by atomic mass is 35.5.